The van der Waals surface area contributed by atoms with E-state index in [9.17, 15) is 19.2 Å². The van der Waals surface area contributed by atoms with E-state index in [2.05, 4.69) is 57.1 Å². The van der Waals surface area contributed by atoms with Crippen molar-refractivity contribution in [2.24, 2.45) is 11.8 Å². The minimum atomic E-state index is -0.657. The van der Waals surface area contributed by atoms with Crippen LogP contribution in [0.15, 0.2) is 16.9 Å². The van der Waals surface area contributed by atoms with Gasteiger partial charge >= 0.3 is 18.1 Å². The number of esters is 2. The maximum Gasteiger partial charge on any atom is 0.507 e. The molecule has 228 valence electrons. The first kappa shape index (κ1) is 48.7. The van der Waals surface area contributed by atoms with Crippen molar-refractivity contribution in [2.45, 2.75) is 74.7 Å². The molecule has 1 saturated carbocycles. The predicted molar refractivity (Wildman–Crippen MR) is 158 cm³/mol. The molecule has 0 heterocycles. The molecule has 2 aliphatic rings. The number of Topliss-reactive ketones (excluding diaryl/α,β-unsaturated/α-hetero) is 1. The van der Waals surface area contributed by atoms with Gasteiger partial charge in [-0.25, -0.2) is 4.79 Å². The van der Waals surface area contributed by atoms with E-state index in [1.165, 1.54) is 86.5 Å². The summed E-state index contributed by atoms with van der Waals surface area (Å²) < 4.78 is 20.5. The molecule has 1 fully saturated rings. The van der Waals surface area contributed by atoms with Crippen LogP contribution < -0.4 is 0 Å². The van der Waals surface area contributed by atoms with Crippen LogP contribution in [0.25, 0.3) is 0 Å². The summed E-state index contributed by atoms with van der Waals surface area (Å²) in [5.74, 6) is 1.76. The maximum absolute atomic E-state index is 9.74. The summed E-state index contributed by atoms with van der Waals surface area (Å²) in [5.41, 5.74) is 5.93. The summed E-state index contributed by atoms with van der Waals surface area (Å²) in [6.45, 7) is 14.6. The fourth-order valence-electron chi connectivity index (χ4n) is 2.13. The summed E-state index contributed by atoms with van der Waals surface area (Å²) in [6, 6.07) is 0. The van der Waals surface area contributed by atoms with Gasteiger partial charge in [-0.2, -0.15) is 11.8 Å². The van der Waals surface area contributed by atoms with Crippen LogP contribution in [0.1, 0.15) is 74.7 Å². The number of ether oxygens (including phenoxy) is 5. The van der Waals surface area contributed by atoms with Gasteiger partial charge in [0.15, 0.2) is 0 Å². The first-order chi connectivity index (χ1) is 17.5. The molecule has 0 N–H and O–H groups in total. The van der Waals surface area contributed by atoms with Gasteiger partial charge in [-0.3, -0.25) is 9.59 Å². The average molecular weight is 569 g/mol. The van der Waals surface area contributed by atoms with Crippen LogP contribution in [-0.2, 0) is 38.1 Å². The largest absolute Gasteiger partial charge is 0.507 e. The topological polar surface area (TPSA) is 114 Å². The third kappa shape index (κ3) is 76.5. The fraction of sp³-hybridized carbons (Fsp3) is 0.750. The van der Waals surface area contributed by atoms with E-state index >= 15 is 0 Å². The number of hydrogen-bond donors (Lipinski definition) is 0. The molecule has 10 heteroatoms. The molecule has 0 aromatic rings. The number of carbonyl (C=O) groups excluding carboxylic acids is 4. The fourth-order valence-corrected chi connectivity index (χ4v) is 2.13. The molecule has 2 aliphatic carbocycles. The van der Waals surface area contributed by atoms with Crippen LogP contribution in [0.5, 0.6) is 0 Å². The molecular formula is C28H56O9S. The van der Waals surface area contributed by atoms with E-state index in [-0.39, 0.29) is 17.7 Å². The summed E-state index contributed by atoms with van der Waals surface area (Å²) >= 11 is 1.75. The number of rotatable bonds is 0. The Bertz CT molecular complexity index is 590. The van der Waals surface area contributed by atoms with E-state index in [0.717, 1.165) is 11.8 Å². The van der Waals surface area contributed by atoms with Gasteiger partial charge in [0.2, 0.25) is 0 Å². The van der Waals surface area contributed by atoms with Crippen molar-refractivity contribution >= 4 is 35.6 Å². The number of hydrogen-bond acceptors (Lipinski definition) is 10. The summed E-state index contributed by atoms with van der Waals surface area (Å²) in [6.07, 6.45) is 7.56. The number of allylic oxidation sites excluding steroid dienone is 1. The quantitative estimate of drug-likeness (QED) is 0.181. The zero-order chi connectivity index (χ0) is 31.7. The SMILES string of the molecule is CC(C)=O.CC1=C=C(C)C1.CC1CC(C)C1.COC.COC(=O)OC.COC(C)=O.COC(C)=O.CSC. The van der Waals surface area contributed by atoms with Gasteiger partial charge in [-0.15, -0.1) is 5.73 Å². The lowest BCUT2D eigenvalue weighted by atomic mass is 9.78. The van der Waals surface area contributed by atoms with Crippen molar-refractivity contribution in [1.29, 1.82) is 0 Å². The molecule has 38 heavy (non-hydrogen) atoms. The van der Waals surface area contributed by atoms with Crippen LogP contribution in [0.3, 0.4) is 0 Å². The molecule has 0 unspecified atom stereocenters. The van der Waals surface area contributed by atoms with Crippen LogP contribution in [0, 0.1) is 11.8 Å². The highest BCUT2D eigenvalue weighted by molar-refractivity contribution is 7.97. The zero-order valence-corrected chi connectivity index (χ0v) is 27.7. The smallest absolute Gasteiger partial charge is 0.469 e. The van der Waals surface area contributed by atoms with Crippen molar-refractivity contribution in [2.75, 3.05) is 55.2 Å². The number of thioether (sulfide) groups is 1. The Hall–Kier alpha value is -2.29. The van der Waals surface area contributed by atoms with Gasteiger partial charge in [-0.05, 0) is 76.0 Å². The van der Waals surface area contributed by atoms with E-state index in [0.29, 0.717) is 0 Å². The minimum absolute atomic E-state index is 0.167. The molecule has 9 nitrogen and oxygen atoms in total. The summed E-state index contributed by atoms with van der Waals surface area (Å²) in [7, 11) is 8.46. The van der Waals surface area contributed by atoms with Crippen molar-refractivity contribution in [3.05, 3.63) is 16.9 Å². The Morgan fingerprint density at radius 1 is 0.684 bits per heavy atom. The first-order valence-corrected chi connectivity index (χ1v) is 13.5. The average Bonchev–Trinajstić information content (AvgIpc) is 2.79. The molecule has 2 rings (SSSR count). The van der Waals surface area contributed by atoms with Gasteiger partial charge in [0.05, 0.1) is 28.4 Å². The Morgan fingerprint density at radius 3 is 0.868 bits per heavy atom. The summed E-state index contributed by atoms with van der Waals surface area (Å²) in [5, 5.41) is 0. The Kier molecular flexibility index (Phi) is 50.3. The molecule has 0 aromatic carbocycles. The van der Waals surface area contributed by atoms with Gasteiger partial charge in [-0.1, -0.05) is 13.8 Å². The molecule has 0 bridgehead atoms. The van der Waals surface area contributed by atoms with Crippen molar-refractivity contribution in [3.63, 3.8) is 0 Å². The Morgan fingerprint density at radius 2 is 0.868 bits per heavy atom. The second kappa shape index (κ2) is 39.2. The minimum Gasteiger partial charge on any atom is -0.469 e. The Balaban J connectivity index is -0.0000000781. The zero-order valence-electron chi connectivity index (χ0n) is 26.9. The predicted octanol–water partition coefficient (Wildman–Crippen LogP) is 6.53. The monoisotopic (exact) mass is 568 g/mol. The molecule has 0 radical (unpaired) electrons. The standard InChI is InChI=1S/C6H12.C6H8.C3H6O3.2C3H6O2.C3H6O.C2H6O.C2H6S/c2*1-5-3-6(2)4-5;1-5-3(4)6-2;2*1-3(4)5-2;1-3(2)4;2*1-3-2/h5-6H,3-4H2,1-2H3;3H2,1-2H3;1-2H3;2*1-2H3;1-2H3;2*1-2H3. The molecule has 0 aliphatic heterocycles. The van der Waals surface area contributed by atoms with Gasteiger partial charge in [0, 0.05) is 34.5 Å². The lowest BCUT2D eigenvalue weighted by molar-refractivity contribution is -0.138. The highest BCUT2D eigenvalue weighted by atomic mass is 32.2. The number of ketones is 1. The second-order valence-electron chi connectivity index (χ2n) is 8.32. The first-order valence-electron chi connectivity index (χ1n) is 11.9. The Labute approximate surface area is 237 Å². The maximum atomic E-state index is 9.74. The van der Waals surface area contributed by atoms with Crippen molar-refractivity contribution < 1.29 is 42.9 Å². The molecular weight excluding hydrogens is 512 g/mol. The van der Waals surface area contributed by atoms with Crippen molar-refractivity contribution in [3.8, 4) is 0 Å². The van der Waals surface area contributed by atoms with Crippen LogP contribution in [0.2, 0.25) is 0 Å². The van der Waals surface area contributed by atoms with E-state index in [1.807, 2.05) is 12.5 Å². The highest BCUT2D eigenvalue weighted by Gasteiger charge is 2.19. The second-order valence-corrected chi connectivity index (χ2v) is 9.14. The normalized spacial score (nSPS) is 14.5. The highest BCUT2D eigenvalue weighted by Crippen LogP contribution is 2.31. The van der Waals surface area contributed by atoms with Crippen LogP contribution >= 0.6 is 11.8 Å². The van der Waals surface area contributed by atoms with Crippen LogP contribution in [-0.4, -0.2) is 79.0 Å². The van der Waals surface area contributed by atoms with Gasteiger partial charge in [0.1, 0.15) is 5.78 Å². The van der Waals surface area contributed by atoms with E-state index in [4.69, 9.17) is 0 Å². The van der Waals surface area contributed by atoms with Crippen molar-refractivity contribution in [1.82, 2.24) is 0 Å². The van der Waals surface area contributed by atoms with Gasteiger partial charge < -0.3 is 28.5 Å². The van der Waals surface area contributed by atoms with Crippen LogP contribution in [0.4, 0.5) is 4.79 Å². The molecule has 0 amide bonds. The third-order valence-electron chi connectivity index (χ3n) is 3.47. The molecule has 0 aromatic heterocycles. The number of methoxy groups -OCH3 is 5. The lowest BCUT2D eigenvalue weighted by Crippen LogP contribution is -2.16. The van der Waals surface area contributed by atoms with E-state index in [1.54, 1.807) is 26.0 Å². The molecule has 0 saturated heterocycles. The molecule has 0 atom stereocenters. The van der Waals surface area contributed by atoms with E-state index < -0.39 is 6.16 Å². The number of carbonyl (C=O) groups is 4. The van der Waals surface area contributed by atoms with Gasteiger partial charge in [0.25, 0.3) is 0 Å². The summed E-state index contributed by atoms with van der Waals surface area (Å²) in [4.78, 5) is 38.4. The lowest BCUT2D eigenvalue weighted by Gasteiger charge is -2.28. The molecule has 0 spiro atoms. The third-order valence-corrected chi connectivity index (χ3v) is 3.47.